The molecule has 7 nitrogen and oxygen atoms in total. The number of hydrogen-bond donors (Lipinski definition) is 1. The number of sulfone groups is 1. The van der Waals surface area contributed by atoms with Crippen LogP contribution in [0.2, 0.25) is 5.02 Å². The molecule has 0 atom stereocenters. The van der Waals surface area contributed by atoms with Gasteiger partial charge in [0.25, 0.3) is 10.0 Å². The summed E-state index contributed by atoms with van der Waals surface area (Å²) in [7, 11) is -6.56. The zero-order valence-electron chi connectivity index (χ0n) is 13.4. The number of carbonyl (C=O) groups is 1. The van der Waals surface area contributed by atoms with Gasteiger partial charge in [0.15, 0.2) is 14.7 Å². The highest BCUT2D eigenvalue weighted by molar-refractivity contribution is 7.98. The molecule has 0 spiro atoms. The number of nitrogens with zero attached hydrogens (tertiary/aromatic N) is 1. The molecule has 0 fully saturated rings. The van der Waals surface area contributed by atoms with Crippen LogP contribution in [-0.4, -0.2) is 41.0 Å². The van der Waals surface area contributed by atoms with Crippen LogP contribution in [0, 0.1) is 0 Å². The van der Waals surface area contributed by atoms with Crippen molar-refractivity contribution in [3.8, 4) is 0 Å². The van der Waals surface area contributed by atoms with Crippen molar-refractivity contribution in [2.75, 3.05) is 17.6 Å². The van der Waals surface area contributed by atoms with Crippen LogP contribution in [0.4, 0.5) is 5.69 Å². The van der Waals surface area contributed by atoms with Gasteiger partial charge in [0.05, 0.1) is 15.6 Å². The van der Waals surface area contributed by atoms with Crippen LogP contribution in [0.25, 0.3) is 5.76 Å². The average Bonchev–Trinajstić information content (AvgIpc) is 3.01. The Labute approximate surface area is 159 Å². The molecule has 1 N–H and O–H groups in total. The lowest BCUT2D eigenvalue weighted by Crippen LogP contribution is -2.36. The molecule has 0 unspecified atom stereocenters. The molecule has 1 aromatic carbocycles. The third-order valence-electron chi connectivity index (χ3n) is 3.85. The second kappa shape index (κ2) is 6.08. The minimum atomic E-state index is -4.29. The van der Waals surface area contributed by atoms with Crippen LogP contribution < -0.4 is 4.31 Å². The van der Waals surface area contributed by atoms with Gasteiger partial charge in [-0.1, -0.05) is 11.6 Å². The molecule has 0 aliphatic carbocycles. The molecule has 1 aliphatic rings. The number of allylic oxidation sites excluding steroid dienone is 1. The summed E-state index contributed by atoms with van der Waals surface area (Å²) in [5.74, 6) is -1.67. The lowest BCUT2D eigenvalue weighted by molar-refractivity contribution is 0.104. The Morgan fingerprint density at radius 3 is 2.50 bits per heavy atom. The van der Waals surface area contributed by atoms with Gasteiger partial charge in [-0.15, -0.1) is 11.3 Å². The Balaban J connectivity index is 2.27. The maximum atomic E-state index is 12.7. The number of benzene rings is 1. The van der Waals surface area contributed by atoms with Gasteiger partial charge in [-0.2, -0.15) is 0 Å². The minimum Gasteiger partial charge on any atom is -0.506 e. The zero-order chi connectivity index (χ0) is 19.4. The third kappa shape index (κ3) is 2.82. The quantitative estimate of drug-likeness (QED) is 0.576. The van der Waals surface area contributed by atoms with Crippen molar-refractivity contribution in [3.63, 3.8) is 0 Å². The second-order valence-corrected chi connectivity index (χ2v) is 10.8. The summed E-state index contributed by atoms with van der Waals surface area (Å²) in [6, 6.07) is 4.92. The topological polar surface area (TPSA) is 109 Å². The van der Waals surface area contributed by atoms with Crippen LogP contribution in [0.5, 0.6) is 0 Å². The van der Waals surface area contributed by atoms with E-state index < -0.39 is 36.3 Å². The maximum Gasteiger partial charge on any atom is 0.271 e. The molecule has 2 heterocycles. The lowest BCUT2D eigenvalue weighted by atomic mass is 10.1. The largest absolute Gasteiger partial charge is 0.506 e. The fraction of sp³-hybridized carbons (Fsp3) is 0.133. The van der Waals surface area contributed by atoms with Crippen molar-refractivity contribution in [2.24, 2.45) is 0 Å². The molecule has 1 aromatic heterocycles. The highest BCUT2D eigenvalue weighted by Gasteiger charge is 2.42. The van der Waals surface area contributed by atoms with E-state index in [1.54, 1.807) is 5.38 Å². The Kier molecular flexibility index (Phi) is 4.42. The molecule has 0 saturated heterocycles. The first-order valence-corrected chi connectivity index (χ1v) is 11.6. The number of aliphatic hydroxyl groups is 1. The number of anilines is 1. The van der Waals surface area contributed by atoms with E-state index in [-0.39, 0.29) is 26.0 Å². The minimum absolute atomic E-state index is 0.0976. The van der Waals surface area contributed by atoms with E-state index in [4.69, 9.17) is 11.6 Å². The summed E-state index contributed by atoms with van der Waals surface area (Å²) in [6.07, 6.45) is 0.985. The average molecular weight is 434 g/mol. The molecule has 2 aromatic rings. The summed E-state index contributed by atoms with van der Waals surface area (Å²) in [5, 5.41) is 11.9. The molecule has 11 heteroatoms. The molecule has 0 saturated carbocycles. The molecule has 0 amide bonds. The fourth-order valence-electron chi connectivity index (χ4n) is 2.48. The fourth-order valence-corrected chi connectivity index (χ4v) is 5.83. The van der Waals surface area contributed by atoms with Crippen LogP contribution in [-0.2, 0) is 19.9 Å². The van der Waals surface area contributed by atoms with E-state index in [2.05, 4.69) is 0 Å². The Hall–Kier alpha value is -1.88. The summed E-state index contributed by atoms with van der Waals surface area (Å²) in [6.45, 7) is 0. The van der Waals surface area contributed by atoms with Crippen LogP contribution in [0.1, 0.15) is 15.2 Å². The number of hydrogen-bond acceptors (Lipinski definition) is 7. The van der Waals surface area contributed by atoms with Gasteiger partial charge in [-0.3, -0.25) is 9.10 Å². The first kappa shape index (κ1) is 18.9. The van der Waals surface area contributed by atoms with Gasteiger partial charge in [0.2, 0.25) is 5.78 Å². The van der Waals surface area contributed by atoms with E-state index in [0.717, 1.165) is 34.0 Å². The van der Waals surface area contributed by atoms with Gasteiger partial charge in [-0.25, -0.2) is 16.8 Å². The van der Waals surface area contributed by atoms with Gasteiger partial charge >= 0.3 is 0 Å². The summed E-state index contributed by atoms with van der Waals surface area (Å²) >= 11 is 7.08. The zero-order valence-corrected chi connectivity index (χ0v) is 16.6. The van der Waals surface area contributed by atoms with E-state index >= 15 is 0 Å². The summed E-state index contributed by atoms with van der Waals surface area (Å²) in [5.41, 5.74) is 0.0782. The van der Waals surface area contributed by atoms with E-state index in [1.165, 1.54) is 19.2 Å². The number of halogens is 1. The summed E-state index contributed by atoms with van der Waals surface area (Å²) in [4.78, 5) is 11.9. The number of ketones is 1. The van der Waals surface area contributed by atoms with Gasteiger partial charge in [0.1, 0.15) is 10.6 Å². The van der Waals surface area contributed by atoms with Crippen molar-refractivity contribution >= 4 is 60.0 Å². The summed E-state index contributed by atoms with van der Waals surface area (Å²) < 4.78 is 49.5. The Morgan fingerprint density at radius 2 is 1.92 bits per heavy atom. The van der Waals surface area contributed by atoms with Gasteiger partial charge in [-0.05, 0) is 29.6 Å². The van der Waals surface area contributed by atoms with E-state index in [1.807, 2.05) is 0 Å². The molecule has 3 rings (SSSR count). The number of aliphatic hydroxyl groups excluding tert-OH is 1. The molecule has 1 aliphatic heterocycles. The normalized spacial score (nSPS) is 18.6. The molecule has 138 valence electrons. The number of thiophene rings is 1. The van der Waals surface area contributed by atoms with Crippen molar-refractivity contribution in [2.45, 2.75) is 4.90 Å². The van der Waals surface area contributed by atoms with Crippen molar-refractivity contribution in [3.05, 3.63) is 50.0 Å². The number of sulfonamides is 1. The van der Waals surface area contributed by atoms with Crippen molar-refractivity contribution in [1.82, 2.24) is 0 Å². The van der Waals surface area contributed by atoms with Crippen molar-refractivity contribution in [1.29, 1.82) is 0 Å². The van der Waals surface area contributed by atoms with Gasteiger partial charge in [0, 0.05) is 18.9 Å². The first-order chi connectivity index (χ1) is 12.0. The Morgan fingerprint density at radius 1 is 1.27 bits per heavy atom. The van der Waals surface area contributed by atoms with Gasteiger partial charge < -0.3 is 5.11 Å². The lowest BCUT2D eigenvalue weighted by Gasteiger charge is -2.26. The third-order valence-corrected chi connectivity index (χ3v) is 7.99. The predicted octanol–water partition coefficient (Wildman–Crippen LogP) is 2.69. The highest BCUT2D eigenvalue weighted by Crippen LogP contribution is 2.40. The molecule has 0 radical (unpaired) electrons. The maximum absolute atomic E-state index is 12.7. The SMILES string of the molecule is CN1c2ccsc2C(=O)/C(=C(/O)c2ccc(S(C)(=O)=O)cc2Cl)S1(=O)=O. The molecule has 26 heavy (non-hydrogen) atoms. The molecular formula is C15H12ClNO6S3. The number of Topliss-reactive ketones (excluding diaryl/α,β-unsaturated/α-hetero) is 1. The molecular weight excluding hydrogens is 422 g/mol. The standard InChI is InChI=1S/C15H12ClNO6S3/c1-17-11-5-6-24-14(11)13(19)15(26(17,22)23)12(18)9-4-3-8(7-10(9)16)25(2,20)21/h3-7,18H,1-2H3/b15-12-. The van der Waals surface area contributed by atoms with Crippen LogP contribution in [0.3, 0.4) is 0 Å². The van der Waals surface area contributed by atoms with Crippen LogP contribution >= 0.6 is 22.9 Å². The first-order valence-electron chi connectivity index (χ1n) is 7.00. The number of fused-ring (bicyclic) bond motifs is 1. The van der Waals surface area contributed by atoms with Crippen molar-refractivity contribution < 1.29 is 26.7 Å². The van der Waals surface area contributed by atoms with Crippen LogP contribution in [0.15, 0.2) is 39.4 Å². The van der Waals surface area contributed by atoms with E-state index in [0.29, 0.717) is 0 Å². The monoisotopic (exact) mass is 433 g/mol. The van der Waals surface area contributed by atoms with E-state index in [9.17, 15) is 26.7 Å². The second-order valence-electron chi connectivity index (χ2n) is 5.53. The molecule has 0 bridgehead atoms. The Bertz CT molecular complexity index is 1180. The number of rotatable bonds is 2. The smallest absolute Gasteiger partial charge is 0.271 e. The number of carbonyl (C=O) groups excluding carboxylic acids is 1. The highest BCUT2D eigenvalue weighted by atomic mass is 35.5. The predicted molar refractivity (Wildman–Crippen MR) is 100 cm³/mol.